The van der Waals surface area contributed by atoms with Crippen LogP contribution in [0.3, 0.4) is 0 Å². The quantitative estimate of drug-likeness (QED) is 0.532. The molecule has 0 aromatic carbocycles. The summed E-state index contributed by atoms with van der Waals surface area (Å²) in [7, 11) is -3.02. The summed E-state index contributed by atoms with van der Waals surface area (Å²) in [6, 6.07) is 0. The molecule has 1 aliphatic rings. The first-order chi connectivity index (χ1) is 5.17. The lowest BCUT2D eigenvalue weighted by Crippen LogP contribution is -2.34. The maximum absolute atomic E-state index is 11.2. The predicted octanol–water partition coefficient (Wildman–Crippen LogP) is 0.931. The molecule has 0 aromatic heterocycles. The molecule has 0 saturated heterocycles. The van der Waals surface area contributed by atoms with Crippen molar-refractivity contribution >= 4 is 26.0 Å². The van der Waals surface area contributed by atoms with Crippen molar-refractivity contribution in [3.8, 4) is 0 Å². The van der Waals surface area contributed by atoms with Crippen molar-refractivity contribution in [3.63, 3.8) is 0 Å². The van der Waals surface area contributed by atoms with E-state index in [-0.39, 0.29) is 4.66 Å². The minimum absolute atomic E-state index is 0.0217. The summed E-state index contributed by atoms with van der Waals surface area (Å²) in [4.78, 5) is 0. The van der Waals surface area contributed by atoms with Gasteiger partial charge in [-0.1, -0.05) is 28.1 Å². The van der Waals surface area contributed by atoms with Gasteiger partial charge in [0, 0.05) is 13.1 Å². The molecule has 1 aliphatic heterocycles. The van der Waals surface area contributed by atoms with Crippen LogP contribution in [0, 0.1) is 0 Å². The zero-order chi connectivity index (χ0) is 8.32. The maximum Gasteiger partial charge on any atom is 0.224 e. The van der Waals surface area contributed by atoms with Crippen molar-refractivity contribution in [2.24, 2.45) is 0 Å². The molecule has 11 heavy (non-hydrogen) atoms. The predicted molar refractivity (Wildman–Crippen MR) is 48.0 cm³/mol. The van der Waals surface area contributed by atoms with Gasteiger partial charge in [0.1, 0.15) is 4.66 Å². The molecular formula is C6H10BrNO2S. The number of sulfonamides is 1. The Balaban J connectivity index is 2.68. The van der Waals surface area contributed by atoms with Gasteiger partial charge in [-0.15, -0.1) is 0 Å². The molecule has 0 fully saturated rings. The zero-order valence-electron chi connectivity index (χ0n) is 6.03. The summed E-state index contributed by atoms with van der Waals surface area (Å²) in [6.45, 7) is 1.14. The average Bonchev–Trinajstić information content (AvgIpc) is 2.06. The normalized spacial score (nSPS) is 20.5. The fourth-order valence-electron chi connectivity index (χ4n) is 0.941. The Morgan fingerprint density at radius 2 is 2.18 bits per heavy atom. The summed E-state index contributed by atoms with van der Waals surface area (Å²) in [5.74, 6) is 0. The Morgan fingerprint density at radius 1 is 1.45 bits per heavy atom. The van der Waals surface area contributed by atoms with Gasteiger partial charge in [0.25, 0.3) is 0 Å². The van der Waals surface area contributed by atoms with Crippen LogP contribution in [0.2, 0.25) is 0 Å². The molecule has 0 radical (unpaired) electrons. The molecule has 0 aromatic rings. The number of nitrogens with zero attached hydrogens (tertiary/aromatic N) is 1. The van der Waals surface area contributed by atoms with Crippen LogP contribution in [0.25, 0.3) is 0 Å². The van der Waals surface area contributed by atoms with E-state index < -0.39 is 10.0 Å². The zero-order valence-corrected chi connectivity index (χ0v) is 8.44. The second-order valence-electron chi connectivity index (χ2n) is 2.34. The van der Waals surface area contributed by atoms with Crippen LogP contribution in [0.4, 0.5) is 0 Å². The standard InChI is InChI=1S/C6H10BrNO2S/c7-6-11(9,10)8-4-2-1-3-5-8/h1-2H,3-6H2. The lowest BCUT2D eigenvalue weighted by molar-refractivity contribution is 0.441. The first kappa shape index (κ1) is 9.22. The van der Waals surface area contributed by atoms with E-state index in [0.717, 1.165) is 6.42 Å². The Labute approximate surface area is 75.3 Å². The van der Waals surface area contributed by atoms with Crippen molar-refractivity contribution in [1.82, 2.24) is 4.31 Å². The number of alkyl halides is 1. The first-order valence-corrected chi connectivity index (χ1v) is 6.08. The summed E-state index contributed by atoms with van der Waals surface area (Å²) in [6.07, 6.45) is 4.70. The first-order valence-electron chi connectivity index (χ1n) is 3.35. The largest absolute Gasteiger partial charge is 0.224 e. The van der Waals surface area contributed by atoms with Gasteiger partial charge >= 0.3 is 0 Å². The van der Waals surface area contributed by atoms with E-state index in [0.29, 0.717) is 13.1 Å². The molecule has 5 heteroatoms. The van der Waals surface area contributed by atoms with E-state index in [1.807, 2.05) is 12.2 Å². The Hall–Kier alpha value is 0.130. The van der Waals surface area contributed by atoms with Crippen LogP contribution in [0.5, 0.6) is 0 Å². The number of hydrogen-bond donors (Lipinski definition) is 0. The average molecular weight is 240 g/mol. The molecule has 0 unspecified atom stereocenters. The van der Waals surface area contributed by atoms with Gasteiger partial charge in [-0.25, -0.2) is 8.42 Å². The molecule has 0 atom stereocenters. The highest BCUT2D eigenvalue weighted by Crippen LogP contribution is 2.09. The molecule has 0 saturated carbocycles. The van der Waals surface area contributed by atoms with Crippen LogP contribution >= 0.6 is 15.9 Å². The van der Waals surface area contributed by atoms with Gasteiger partial charge in [-0.3, -0.25) is 0 Å². The lowest BCUT2D eigenvalue weighted by Gasteiger charge is -2.21. The van der Waals surface area contributed by atoms with Gasteiger partial charge in [0.2, 0.25) is 10.0 Å². The van der Waals surface area contributed by atoms with Crippen LogP contribution < -0.4 is 0 Å². The van der Waals surface area contributed by atoms with Gasteiger partial charge in [0.15, 0.2) is 0 Å². The number of rotatable bonds is 2. The monoisotopic (exact) mass is 239 g/mol. The van der Waals surface area contributed by atoms with Crippen LogP contribution in [-0.2, 0) is 10.0 Å². The SMILES string of the molecule is O=S(=O)(CBr)N1CC=CCC1. The molecule has 0 spiro atoms. The summed E-state index contributed by atoms with van der Waals surface area (Å²) >= 11 is 2.95. The molecular weight excluding hydrogens is 230 g/mol. The topological polar surface area (TPSA) is 37.4 Å². The smallest absolute Gasteiger partial charge is 0.211 e. The Kier molecular flexibility index (Phi) is 3.09. The lowest BCUT2D eigenvalue weighted by atomic mass is 10.3. The summed E-state index contributed by atoms with van der Waals surface area (Å²) in [5, 5.41) is 0. The summed E-state index contributed by atoms with van der Waals surface area (Å²) < 4.78 is 23.9. The Morgan fingerprint density at radius 3 is 2.64 bits per heavy atom. The van der Waals surface area contributed by atoms with Crippen molar-refractivity contribution in [3.05, 3.63) is 12.2 Å². The van der Waals surface area contributed by atoms with E-state index in [1.165, 1.54) is 4.31 Å². The number of halogens is 1. The molecule has 1 heterocycles. The van der Waals surface area contributed by atoms with Gasteiger partial charge in [-0.05, 0) is 6.42 Å². The molecule has 0 bridgehead atoms. The van der Waals surface area contributed by atoms with Crippen LogP contribution in [-0.4, -0.2) is 30.5 Å². The fraction of sp³-hybridized carbons (Fsp3) is 0.667. The second-order valence-corrected chi connectivity index (χ2v) is 5.61. The molecule has 64 valence electrons. The molecule has 0 aliphatic carbocycles. The van der Waals surface area contributed by atoms with Crippen LogP contribution in [0.15, 0.2) is 12.2 Å². The highest BCUT2D eigenvalue weighted by atomic mass is 79.9. The number of hydrogen-bond acceptors (Lipinski definition) is 2. The highest BCUT2D eigenvalue weighted by molar-refractivity contribution is 9.10. The molecule has 0 amide bonds. The van der Waals surface area contributed by atoms with E-state index in [2.05, 4.69) is 15.9 Å². The minimum Gasteiger partial charge on any atom is -0.211 e. The van der Waals surface area contributed by atoms with E-state index in [9.17, 15) is 8.42 Å². The highest BCUT2D eigenvalue weighted by Gasteiger charge is 2.19. The van der Waals surface area contributed by atoms with Crippen molar-refractivity contribution < 1.29 is 8.42 Å². The third-order valence-electron chi connectivity index (χ3n) is 1.55. The minimum atomic E-state index is -3.02. The molecule has 0 N–H and O–H groups in total. The third kappa shape index (κ3) is 2.28. The fourth-order valence-corrected chi connectivity index (χ4v) is 2.64. The van der Waals surface area contributed by atoms with Crippen LogP contribution in [0.1, 0.15) is 6.42 Å². The van der Waals surface area contributed by atoms with E-state index in [4.69, 9.17) is 0 Å². The van der Waals surface area contributed by atoms with Gasteiger partial charge in [-0.2, -0.15) is 4.31 Å². The van der Waals surface area contributed by atoms with E-state index >= 15 is 0 Å². The van der Waals surface area contributed by atoms with Crippen molar-refractivity contribution in [2.75, 3.05) is 17.8 Å². The Bertz CT molecular complexity index is 247. The molecule has 3 nitrogen and oxygen atoms in total. The third-order valence-corrected chi connectivity index (χ3v) is 4.68. The van der Waals surface area contributed by atoms with Crippen molar-refractivity contribution in [2.45, 2.75) is 6.42 Å². The van der Waals surface area contributed by atoms with Crippen molar-refractivity contribution in [1.29, 1.82) is 0 Å². The maximum atomic E-state index is 11.2. The van der Waals surface area contributed by atoms with E-state index in [1.54, 1.807) is 0 Å². The van der Waals surface area contributed by atoms with Gasteiger partial charge < -0.3 is 0 Å². The van der Waals surface area contributed by atoms with Gasteiger partial charge in [0.05, 0.1) is 0 Å². The molecule has 1 rings (SSSR count). The summed E-state index contributed by atoms with van der Waals surface area (Å²) in [5.41, 5.74) is 0. The second kappa shape index (κ2) is 3.69.